The average Bonchev–Trinajstić information content (AvgIpc) is 3.19. The highest BCUT2D eigenvalue weighted by Gasteiger charge is 2.22. The van der Waals surface area contributed by atoms with Gasteiger partial charge >= 0.3 is 5.97 Å². The Balaban J connectivity index is 1.75. The van der Waals surface area contributed by atoms with Crippen LogP contribution in [-0.2, 0) is 14.8 Å². The number of aromatic nitrogens is 1. The number of esters is 1. The van der Waals surface area contributed by atoms with Crippen LogP contribution in [0.3, 0.4) is 0 Å². The first-order chi connectivity index (χ1) is 15.7. The third-order valence-electron chi connectivity index (χ3n) is 5.48. The van der Waals surface area contributed by atoms with Crippen LogP contribution < -0.4 is 4.72 Å². The number of anilines is 1. The number of fused-ring (bicyclic) bond motifs is 1. The summed E-state index contributed by atoms with van der Waals surface area (Å²) in [6.07, 6.45) is 1.45. The minimum atomic E-state index is -3.83. The van der Waals surface area contributed by atoms with Gasteiger partial charge in [-0.3, -0.25) is 14.1 Å². The standard InChI is InChI=1S/C25H22N2O5S/c1-16-11-13-18(14-12-16)33(30,31)26-22-9-6-8-19(17(22)2)24(28)27-15-21(25(29)32-3)20-7-4-5-10-23(20)27/h4-15,26H,1-3H3. The molecule has 4 rings (SSSR count). The summed E-state index contributed by atoms with van der Waals surface area (Å²) in [4.78, 5) is 25.8. The van der Waals surface area contributed by atoms with Crippen molar-refractivity contribution < 1.29 is 22.7 Å². The molecule has 0 aliphatic heterocycles. The fourth-order valence-corrected chi connectivity index (χ4v) is 4.77. The van der Waals surface area contributed by atoms with Crippen molar-refractivity contribution in [3.63, 3.8) is 0 Å². The number of hydrogen-bond donors (Lipinski definition) is 1. The molecule has 0 aliphatic rings. The average molecular weight is 463 g/mol. The van der Waals surface area contributed by atoms with E-state index in [0.717, 1.165) is 5.56 Å². The van der Waals surface area contributed by atoms with E-state index < -0.39 is 21.9 Å². The molecule has 0 unspecified atom stereocenters. The first-order valence-electron chi connectivity index (χ1n) is 10.1. The molecule has 0 saturated heterocycles. The van der Waals surface area contributed by atoms with Crippen molar-refractivity contribution >= 4 is 38.5 Å². The fourth-order valence-electron chi connectivity index (χ4n) is 3.65. The van der Waals surface area contributed by atoms with Crippen LogP contribution in [0.2, 0.25) is 0 Å². The molecule has 0 spiro atoms. The monoisotopic (exact) mass is 462 g/mol. The second-order valence-electron chi connectivity index (χ2n) is 7.62. The molecule has 1 N–H and O–H groups in total. The minimum Gasteiger partial charge on any atom is -0.465 e. The van der Waals surface area contributed by atoms with Crippen molar-refractivity contribution in [2.24, 2.45) is 0 Å². The van der Waals surface area contributed by atoms with Crippen molar-refractivity contribution in [3.05, 3.63) is 95.2 Å². The molecule has 0 saturated carbocycles. The second-order valence-corrected chi connectivity index (χ2v) is 9.31. The Morgan fingerprint density at radius 3 is 2.27 bits per heavy atom. The van der Waals surface area contributed by atoms with E-state index in [0.29, 0.717) is 27.7 Å². The molecule has 1 heterocycles. The summed E-state index contributed by atoms with van der Waals surface area (Å²) in [6.45, 7) is 3.55. The van der Waals surface area contributed by atoms with Crippen LogP contribution in [0.5, 0.6) is 0 Å². The minimum absolute atomic E-state index is 0.128. The molecular weight excluding hydrogens is 440 g/mol. The lowest BCUT2D eigenvalue weighted by Crippen LogP contribution is -2.17. The van der Waals surface area contributed by atoms with Crippen molar-refractivity contribution in [1.29, 1.82) is 0 Å². The number of carbonyl (C=O) groups is 2. The lowest BCUT2D eigenvalue weighted by atomic mass is 10.1. The highest BCUT2D eigenvalue weighted by atomic mass is 32.2. The molecule has 0 atom stereocenters. The number of nitrogens with zero attached hydrogens (tertiary/aromatic N) is 1. The number of hydrogen-bond acceptors (Lipinski definition) is 5. The van der Waals surface area contributed by atoms with Gasteiger partial charge < -0.3 is 4.74 Å². The van der Waals surface area contributed by atoms with E-state index in [1.807, 2.05) is 6.92 Å². The summed E-state index contributed by atoms with van der Waals surface area (Å²) in [5.41, 5.74) is 2.84. The van der Waals surface area contributed by atoms with Crippen LogP contribution in [0, 0.1) is 13.8 Å². The summed E-state index contributed by atoms with van der Waals surface area (Å²) in [5, 5.41) is 0.589. The second kappa shape index (κ2) is 8.55. The van der Waals surface area contributed by atoms with Gasteiger partial charge in [-0.2, -0.15) is 0 Å². The van der Waals surface area contributed by atoms with Gasteiger partial charge in [-0.25, -0.2) is 13.2 Å². The molecule has 0 radical (unpaired) electrons. The molecule has 0 fully saturated rings. The Morgan fingerprint density at radius 2 is 1.58 bits per heavy atom. The van der Waals surface area contributed by atoms with Crippen molar-refractivity contribution in [3.8, 4) is 0 Å². The van der Waals surface area contributed by atoms with Crippen molar-refractivity contribution in [2.45, 2.75) is 18.7 Å². The number of nitrogens with one attached hydrogen (secondary N) is 1. The van der Waals surface area contributed by atoms with Gasteiger partial charge in [-0.15, -0.1) is 0 Å². The molecular formula is C25H22N2O5S. The maximum absolute atomic E-state index is 13.5. The zero-order valence-corrected chi connectivity index (χ0v) is 19.1. The molecule has 7 nitrogen and oxygen atoms in total. The zero-order valence-electron chi connectivity index (χ0n) is 18.3. The van der Waals surface area contributed by atoms with Gasteiger partial charge in [0.15, 0.2) is 0 Å². The third-order valence-corrected chi connectivity index (χ3v) is 6.86. The van der Waals surface area contributed by atoms with Gasteiger partial charge in [-0.05, 0) is 49.7 Å². The fraction of sp³-hybridized carbons (Fsp3) is 0.120. The first kappa shape index (κ1) is 22.3. The largest absolute Gasteiger partial charge is 0.465 e. The van der Waals surface area contributed by atoms with Crippen molar-refractivity contribution in [2.75, 3.05) is 11.8 Å². The molecule has 4 aromatic rings. The van der Waals surface area contributed by atoms with E-state index >= 15 is 0 Å². The summed E-state index contributed by atoms with van der Waals surface area (Å²) < 4.78 is 34.5. The first-order valence-corrected chi connectivity index (χ1v) is 11.6. The molecule has 33 heavy (non-hydrogen) atoms. The van der Waals surface area contributed by atoms with E-state index in [-0.39, 0.29) is 10.5 Å². The van der Waals surface area contributed by atoms with Gasteiger partial charge in [0, 0.05) is 17.1 Å². The Morgan fingerprint density at radius 1 is 0.879 bits per heavy atom. The van der Waals surface area contributed by atoms with E-state index in [1.165, 1.54) is 30.0 Å². The van der Waals surface area contributed by atoms with Gasteiger partial charge in [0.2, 0.25) is 0 Å². The lowest BCUT2D eigenvalue weighted by molar-refractivity contribution is 0.0603. The van der Waals surface area contributed by atoms with Crippen LogP contribution in [0.4, 0.5) is 5.69 Å². The van der Waals surface area contributed by atoms with Crippen LogP contribution in [0.15, 0.2) is 77.8 Å². The third kappa shape index (κ3) is 4.12. The topological polar surface area (TPSA) is 94.5 Å². The van der Waals surface area contributed by atoms with Crippen LogP contribution in [0.25, 0.3) is 10.9 Å². The number of benzene rings is 3. The van der Waals surface area contributed by atoms with Gasteiger partial charge in [0.05, 0.1) is 28.8 Å². The summed E-state index contributed by atoms with van der Waals surface area (Å²) in [6, 6.07) is 18.4. The van der Waals surface area contributed by atoms with E-state index in [4.69, 9.17) is 4.74 Å². The maximum atomic E-state index is 13.5. The summed E-state index contributed by atoms with van der Waals surface area (Å²) in [5.74, 6) is -0.940. The van der Waals surface area contributed by atoms with Crippen molar-refractivity contribution in [1.82, 2.24) is 4.57 Å². The lowest BCUT2D eigenvalue weighted by Gasteiger charge is -2.14. The highest BCUT2D eigenvalue weighted by molar-refractivity contribution is 7.92. The smallest absolute Gasteiger partial charge is 0.340 e. The Hall–Kier alpha value is -3.91. The van der Waals surface area contributed by atoms with Gasteiger partial charge in [-0.1, -0.05) is 42.0 Å². The Kier molecular flexibility index (Phi) is 5.78. The van der Waals surface area contributed by atoms with Gasteiger partial charge in [0.1, 0.15) is 0 Å². The predicted octanol–water partition coefficient (Wildman–Crippen LogP) is 4.53. The number of para-hydroxylation sites is 1. The molecule has 0 amide bonds. The number of methoxy groups -OCH3 is 1. The molecule has 8 heteroatoms. The Bertz CT molecular complexity index is 1490. The number of aryl methyl sites for hydroxylation is 1. The highest BCUT2D eigenvalue weighted by Crippen LogP contribution is 2.27. The number of carbonyl (C=O) groups excluding carboxylic acids is 2. The normalized spacial score (nSPS) is 11.4. The Labute approximate surface area is 191 Å². The SMILES string of the molecule is COC(=O)c1cn(C(=O)c2cccc(NS(=O)(=O)c3ccc(C)cc3)c2C)c2ccccc12. The predicted molar refractivity (Wildman–Crippen MR) is 126 cm³/mol. The number of rotatable bonds is 5. The van der Waals surface area contributed by atoms with Gasteiger partial charge in [0.25, 0.3) is 15.9 Å². The quantitative estimate of drug-likeness (QED) is 0.440. The van der Waals surface area contributed by atoms with E-state index in [2.05, 4.69) is 4.72 Å². The molecule has 0 aliphatic carbocycles. The van der Waals surface area contributed by atoms with Crippen LogP contribution in [0.1, 0.15) is 31.8 Å². The summed E-state index contributed by atoms with van der Waals surface area (Å²) >= 11 is 0. The molecule has 168 valence electrons. The van der Waals surface area contributed by atoms with Crippen LogP contribution >= 0.6 is 0 Å². The maximum Gasteiger partial charge on any atom is 0.340 e. The zero-order chi connectivity index (χ0) is 23.8. The van der Waals surface area contributed by atoms with Crippen LogP contribution in [-0.4, -0.2) is 32.0 Å². The molecule has 1 aromatic heterocycles. The number of sulfonamides is 1. The molecule has 0 bridgehead atoms. The van der Waals surface area contributed by atoms with E-state index in [1.54, 1.807) is 61.5 Å². The molecule has 3 aromatic carbocycles. The summed E-state index contributed by atoms with van der Waals surface area (Å²) in [7, 11) is -2.55. The number of ether oxygens (including phenoxy) is 1. The van der Waals surface area contributed by atoms with E-state index in [9.17, 15) is 18.0 Å².